The van der Waals surface area contributed by atoms with E-state index in [1.54, 1.807) is 6.92 Å². The molecule has 3 N–H and O–H groups in total. The topological polar surface area (TPSA) is 72.2 Å². The molecule has 0 aliphatic heterocycles. The van der Waals surface area contributed by atoms with Crippen molar-refractivity contribution in [1.82, 2.24) is 4.72 Å². The fourth-order valence-electron chi connectivity index (χ4n) is 1.41. The van der Waals surface area contributed by atoms with Crippen LogP contribution in [-0.4, -0.2) is 26.8 Å². The lowest BCUT2D eigenvalue weighted by Gasteiger charge is -2.16. The molecule has 0 aliphatic carbocycles. The number of hydrogen-bond acceptors (Lipinski definition) is 3. The van der Waals surface area contributed by atoms with Crippen LogP contribution in [0.15, 0.2) is 30.3 Å². The van der Waals surface area contributed by atoms with Crippen LogP contribution in [0.25, 0.3) is 0 Å². The molecule has 17 heavy (non-hydrogen) atoms. The Morgan fingerprint density at radius 1 is 1.24 bits per heavy atom. The second-order valence-corrected chi connectivity index (χ2v) is 6.43. The molecular weight excluding hydrogens is 236 g/mol. The molecule has 0 amide bonds. The summed E-state index contributed by atoms with van der Waals surface area (Å²) < 4.78 is 26.0. The van der Waals surface area contributed by atoms with Crippen LogP contribution in [0.4, 0.5) is 0 Å². The first-order chi connectivity index (χ1) is 7.97. The predicted octanol–water partition coefficient (Wildman–Crippen LogP) is 1.06. The zero-order valence-electron chi connectivity index (χ0n) is 10.3. The van der Waals surface area contributed by atoms with Gasteiger partial charge in [0.2, 0.25) is 10.0 Å². The van der Waals surface area contributed by atoms with Gasteiger partial charge in [0.1, 0.15) is 0 Å². The summed E-state index contributed by atoms with van der Waals surface area (Å²) in [5, 5.41) is -0.550. The molecule has 2 unspecified atom stereocenters. The van der Waals surface area contributed by atoms with Crippen LogP contribution >= 0.6 is 0 Å². The number of sulfonamides is 1. The molecule has 0 radical (unpaired) electrons. The van der Waals surface area contributed by atoms with Gasteiger partial charge < -0.3 is 5.73 Å². The van der Waals surface area contributed by atoms with E-state index in [1.165, 1.54) is 0 Å². The maximum Gasteiger partial charge on any atom is 0.215 e. The Kier molecular flexibility index (Phi) is 5.11. The lowest BCUT2D eigenvalue weighted by molar-refractivity contribution is 0.563. The van der Waals surface area contributed by atoms with Crippen molar-refractivity contribution in [2.24, 2.45) is 5.73 Å². The van der Waals surface area contributed by atoms with Gasteiger partial charge in [-0.3, -0.25) is 0 Å². The van der Waals surface area contributed by atoms with E-state index < -0.39 is 15.3 Å². The third kappa shape index (κ3) is 4.11. The highest BCUT2D eigenvalue weighted by Crippen LogP contribution is 2.13. The smallest absolute Gasteiger partial charge is 0.215 e. The van der Waals surface area contributed by atoms with Gasteiger partial charge in [-0.2, -0.15) is 0 Å². The third-order valence-electron chi connectivity index (χ3n) is 2.82. The maximum atomic E-state index is 11.7. The van der Waals surface area contributed by atoms with Gasteiger partial charge in [-0.05, 0) is 18.4 Å². The molecule has 2 atom stereocenters. The number of hydrogen-bond donors (Lipinski definition) is 2. The van der Waals surface area contributed by atoms with Gasteiger partial charge in [-0.15, -0.1) is 0 Å². The SMILES string of the molecule is CC(CNS(=O)(=O)C(C)CN)c1ccccc1. The zero-order chi connectivity index (χ0) is 12.9. The first-order valence-corrected chi connectivity index (χ1v) is 7.25. The molecule has 96 valence electrons. The molecule has 1 aromatic carbocycles. The van der Waals surface area contributed by atoms with E-state index in [0.717, 1.165) is 5.56 Å². The van der Waals surface area contributed by atoms with Crippen LogP contribution < -0.4 is 10.5 Å². The van der Waals surface area contributed by atoms with E-state index in [0.29, 0.717) is 6.54 Å². The van der Waals surface area contributed by atoms with Crippen molar-refractivity contribution in [2.75, 3.05) is 13.1 Å². The van der Waals surface area contributed by atoms with E-state index in [9.17, 15) is 8.42 Å². The van der Waals surface area contributed by atoms with Crippen LogP contribution in [0.1, 0.15) is 25.3 Å². The molecular formula is C12H20N2O2S. The lowest BCUT2D eigenvalue weighted by Crippen LogP contribution is -2.38. The van der Waals surface area contributed by atoms with Gasteiger partial charge in [0.25, 0.3) is 0 Å². The molecule has 4 nitrogen and oxygen atoms in total. The van der Waals surface area contributed by atoms with Gasteiger partial charge in [0.15, 0.2) is 0 Å². The van der Waals surface area contributed by atoms with Gasteiger partial charge in [0, 0.05) is 13.1 Å². The van der Waals surface area contributed by atoms with Gasteiger partial charge in [0.05, 0.1) is 5.25 Å². The first kappa shape index (κ1) is 14.2. The molecule has 0 aliphatic rings. The normalized spacial score (nSPS) is 15.5. The molecule has 5 heteroatoms. The number of nitrogens with two attached hydrogens (primary N) is 1. The van der Waals surface area contributed by atoms with Crippen LogP contribution in [0.2, 0.25) is 0 Å². The van der Waals surface area contributed by atoms with Crippen LogP contribution in [0.3, 0.4) is 0 Å². The summed E-state index contributed by atoms with van der Waals surface area (Å²) in [6.45, 7) is 4.13. The van der Waals surface area contributed by atoms with Crippen molar-refractivity contribution in [1.29, 1.82) is 0 Å². The van der Waals surface area contributed by atoms with Crippen molar-refractivity contribution >= 4 is 10.0 Å². The second-order valence-electron chi connectivity index (χ2n) is 4.25. The zero-order valence-corrected chi connectivity index (χ0v) is 11.1. The van der Waals surface area contributed by atoms with E-state index >= 15 is 0 Å². The molecule has 0 saturated heterocycles. The molecule has 0 heterocycles. The van der Waals surface area contributed by atoms with Crippen LogP contribution in [0, 0.1) is 0 Å². The second kappa shape index (κ2) is 6.14. The van der Waals surface area contributed by atoms with Crippen molar-refractivity contribution in [2.45, 2.75) is 25.0 Å². The minimum Gasteiger partial charge on any atom is -0.329 e. The maximum absolute atomic E-state index is 11.7. The highest BCUT2D eigenvalue weighted by atomic mass is 32.2. The van der Waals surface area contributed by atoms with Crippen molar-refractivity contribution in [3.63, 3.8) is 0 Å². The Balaban J connectivity index is 2.57. The Bertz CT molecular complexity index is 431. The Morgan fingerprint density at radius 3 is 2.35 bits per heavy atom. The highest BCUT2D eigenvalue weighted by Gasteiger charge is 2.19. The molecule has 1 aromatic rings. The van der Waals surface area contributed by atoms with Crippen LogP contribution in [0.5, 0.6) is 0 Å². The quantitative estimate of drug-likeness (QED) is 0.799. The molecule has 1 rings (SSSR count). The summed E-state index contributed by atoms with van der Waals surface area (Å²) >= 11 is 0. The Hall–Kier alpha value is -0.910. The summed E-state index contributed by atoms with van der Waals surface area (Å²) in [7, 11) is -3.29. The largest absolute Gasteiger partial charge is 0.329 e. The summed E-state index contributed by atoms with van der Waals surface area (Å²) in [5.41, 5.74) is 6.48. The minimum absolute atomic E-state index is 0.134. The van der Waals surface area contributed by atoms with Crippen molar-refractivity contribution < 1.29 is 8.42 Å². The molecule has 0 aromatic heterocycles. The molecule has 0 bridgehead atoms. The van der Waals surface area contributed by atoms with E-state index in [1.807, 2.05) is 37.3 Å². The number of nitrogens with one attached hydrogen (secondary N) is 1. The fourth-order valence-corrected chi connectivity index (χ4v) is 2.43. The van der Waals surface area contributed by atoms with E-state index in [2.05, 4.69) is 4.72 Å². The average molecular weight is 256 g/mol. The lowest BCUT2D eigenvalue weighted by atomic mass is 10.0. The molecule has 0 saturated carbocycles. The molecule has 0 spiro atoms. The predicted molar refractivity (Wildman–Crippen MR) is 70.3 cm³/mol. The van der Waals surface area contributed by atoms with E-state index in [4.69, 9.17) is 5.73 Å². The third-order valence-corrected chi connectivity index (χ3v) is 4.64. The first-order valence-electron chi connectivity index (χ1n) is 5.71. The monoisotopic (exact) mass is 256 g/mol. The van der Waals surface area contributed by atoms with E-state index in [-0.39, 0.29) is 12.5 Å². The number of benzene rings is 1. The number of rotatable bonds is 6. The van der Waals surface area contributed by atoms with Gasteiger partial charge in [-0.1, -0.05) is 37.3 Å². The average Bonchev–Trinajstić information content (AvgIpc) is 2.36. The van der Waals surface area contributed by atoms with Crippen molar-refractivity contribution in [3.05, 3.63) is 35.9 Å². The molecule has 0 fully saturated rings. The van der Waals surface area contributed by atoms with Gasteiger partial charge >= 0.3 is 0 Å². The van der Waals surface area contributed by atoms with Gasteiger partial charge in [-0.25, -0.2) is 13.1 Å². The van der Waals surface area contributed by atoms with Crippen LogP contribution in [-0.2, 0) is 10.0 Å². The standard InChI is InChI=1S/C12H20N2O2S/c1-10(12-6-4-3-5-7-12)9-14-17(15,16)11(2)8-13/h3-7,10-11,14H,8-9,13H2,1-2H3. The summed E-state index contributed by atoms with van der Waals surface area (Å²) in [4.78, 5) is 0. The fraction of sp³-hybridized carbons (Fsp3) is 0.500. The summed E-state index contributed by atoms with van der Waals surface area (Å²) in [6, 6.07) is 9.82. The minimum atomic E-state index is -3.29. The Morgan fingerprint density at radius 2 is 1.82 bits per heavy atom. The summed E-state index contributed by atoms with van der Waals surface area (Å²) in [6.07, 6.45) is 0. The highest BCUT2D eigenvalue weighted by molar-refractivity contribution is 7.90. The summed E-state index contributed by atoms with van der Waals surface area (Å²) in [5.74, 6) is 0.149. The van der Waals surface area contributed by atoms with Crippen molar-refractivity contribution in [3.8, 4) is 0 Å². The Labute approximate surface area is 103 Å².